The van der Waals surface area contributed by atoms with E-state index in [9.17, 15) is 55.5 Å². The number of amides is 4. The number of sulfone groups is 2. The minimum atomic E-state index is -3.72. The van der Waals surface area contributed by atoms with E-state index in [1.165, 1.54) is 57.7 Å². The molecule has 3 saturated carbocycles. The lowest BCUT2D eigenvalue weighted by atomic mass is 9.47. The number of fused-ring (bicyclic) bond motifs is 5. The van der Waals surface area contributed by atoms with Gasteiger partial charge in [-0.2, -0.15) is 0 Å². The predicted octanol–water partition coefficient (Wildman–Crippen LogP) is 2.83. The first-order valence-electron chi connectivity index (χ1n) is 24.8. The third-order valence-corrected chi connectivity index (χ3v) is 17.1. The number of aliphatic hydroxyl groups excluding tert-OH is 1. The maximum Gasteiger partial charge on any atom is 0.306 e. The Labute approximate surface area is 435 Å². The molecule has 0 spiro atoms. The largest absolute Gasteiger partial charge is 0.461 e. The summed E-state index contributed by atoms with van der Waals surface area (Å²) in [6.07, 6.45) is 14.3. The highest BCUT2D eigenvalue weighted by Crippen LogP contribution is 2.66. The summed E-state index contributed by atoms with van der Waals surface area (Å²) in [5.74, 6) is -3.26. The molecular formula is C52H64N8O13S2. The van der Waals surface area contributed by atoms with Gasteiger partial charge < -0.3 is 31.1 Å². The van der Waals surface area contributed by atoms with Gasteiger partial charge in [-0.05, 0) is 112 Å². The average molecular weight is 1070 g/mol. The number of nitrogens with zero attached hydrogens (tertiary/aromatic N) is 4. The van der Waals surface area contributed by atoms with Crippen LogP contribution in [0.25, 0.3) is 22.3 Å². The second-order valence-electron chi connectivity index (χ2n) is 21.0. The summed E-state index contributed by atoms with van der Waals surface area (Å²) in [5.41, 5.74) is 1.57. The van der Waals surface area contributed by atoms with Gasteiger partial charge in [0.2, 0.25) is 47.7 Å². The van der Waals surface area contributed by atoms with Crippen LogP contribution in [0.5, 0.6) is 0 Å². The number of esters is 1. The lowest BCUT2D eigenvalue weighted by Crippen LogP contribution is -2.57. The normalized spacial score (nSPS) is 26.2. The summed E-state index contributed by atoms with van der Waals surface area (Å²) in [6.45, 7) is 10.1. The molecule has 75 heavy (non-hydrogen) atoms. The van der Waals surface area contributed by atoms with Crippen molar-refractivity contribution < 1.29 is 60.2 Å². The van der Waals surface area contributed by atoms with Gasteiger partial charge in [0.05, 0.1) is 12.6 Å². The zero-order valence-electron chi connectivity index (χ0n) is 43.1. The molecule has 0 bridgehead atoms. The number of hydrogen-bond acceptors (Lipinski definition) is 17. The second-order valence-corrected chi connectivity index (χ2v) is 24.9. The van der Waals surface area contributed by atoms with Crippen molar-refractivity contribution in [2.75, 3.05) is 19.1 Å². The van der Waals surface area contributed by atoms with Crippen LogP contribution in [0.1, 0.15) is 96.8 Å². The Morgan fingerprint density at radius 3 is 1.85 bits per heavy atom. The fourth-order valence-corrected chi connectivity index (χ4v) is 12.5. The quantitative estimate of drug-likeness (QED) is 0.0903. The van der Waals surface area contributed by atoms with E-state index in [-0.39, 0.29) is 66.6 Å². The molecule has 4 aliphatic rings. The molecule has 1 aromatic carbocycles. The van der Waals surface area contributed by atoms with E-state index in [4.69, 9.17) is 4.74 Å². The van der Waals surface area contributed by atoms with Crippen LogP contribution in [0, 0.1) is 34.5 Å². The molecule has 3 fully saturated rings. The van der Waals surface area contributed by atoms with Crippen molar-refractivity contribution >= 4 is 60.8 Å². The highest BCUT2D eigenvalue weighted by molar-refractivity contribution is 7.90. The molecule has 2 heterocycles. The zero-order chi connectivity index (χ0) is 54.9. The van der Waals surface area contributed by atoms with E-state index < -0.39 is 101 Å². The molecule has 7 rings (SSSR count). The van der Waals surface area contributed by atoms with Gasteiger partial charge in [-0.3, -0.25) is 33.6 Å². The van der Waals surface area contributed by atoms with Gasteiger partial charge in [0, 0.05) is 83.6 Å². The van der Waals surface area contributed by atoms with Gasteiger partial charge >= 0.3 is 5.97 Å². The minimum Gasteiger partial charge on any atom is -0.461 e. The molecule has 3 aromatic rings. The van der Waals surface area contributed by atoms with Gasteiger partial charge in [-0.15, -0.1) is 0 Å². The monoisotopic (exact) mass is 1070 g/mol. The third-order valence-electron chi connectivity index (χ3n) is 15.3. The molecule has 8 unspecified atom stereocenters. The number of benzene rings is 1. The maximum absolute atomic E-state index is 13.7. The Kier molecular flexibility index (Phi) is 16.4. The molecule has 0 saturated heterocycles. The van der Waals surface area contributed by atoms with Crippen molar-refractivity contribution in [3.05, 3.63) is 72.4 Å². The van der Waals surface area contributed by atoms with Crippen LogP contribution in [0.15, 0.2) is 77.1 Å². The number of aliphatic hydroxyl groups is 1. The summed E-state index contributed by atoms with van der Waals surface area (Å²) in [6, 6.07) is 0.964. The standard InChI is InChI=1S/C52H64N8O13S2/c1-27-16-40-39-13-12-36-20-37(61)14-15-51(36,5)43(39)41(63)21-52(40,6)44(27)73-42(64)11-9-10-38(62)26-53-45(65)28(2)58-46(66)29(3)59-47(67)30(4)60-48(68)33-18-31(34-22-54-49(55-23-34)74(7,69)70)17-32(19-33)35-24-56-50(57-25-35)75(8,71)72/h14-15,17-20,22-25,27-30,39-41,43-44,63H,9-13,16,21,26H2,1-8H3,(H,53,65)(H,58,66)(H,59,67)(H,60,68)/t27?,28-,29-,30-,39?,40?,41?,43?,44?,51?,52?/m0/s1. The number of carbonyl (C=O) groups excluding carboxylic acids is 7. The van der Waals surface area contributed by atoms with Gasteiger partial charge in [-0.25, -0.2) is 36.8 Å². The van der Waals surface area contributed by atoms with E-state index in [0.29, 0.717) is 28.7 Å². The zero-order valence-corrected chi connectivity index (χ0v) is 44.7. The predicted molar refractivity (Wildman–Crippen MR) is 271 cm³/mol. The molecule has 402 valence electrons. The lowest BCUT2D eigenvalue weighted by molar-refractivity contribution is -0.170. The van der Waals surface area contributed by atoms with E-state index in [1.807, 2.05) is 6.08 Å². The van der Waals surface area contributed by atoms with Crippen molar-refractivity contribution in [3.8, 4) is 22.3 Å². The first kappa shape index (κ1) is 56.1. The van der Waals surface area contributed by atoms with Crippen molar-refractivity contribution in [2.24, 2.45) is 34.5 Å². The van der Waals surface area contributed by atoms with Crippen LogP contribution >= 0.6 is 0 Å². The van der Waals surface area contributed by atoms with E-state index >= 15 is 0 Å². The number of rotatable bonds is 18. The van der Waals surface area contributed by atoms with Gasteiger partial charge in [0.25, 0.3) is 5.91 Å². The van der Waals surface area contributed by atoms with E-state index in [2.05, 4.69) is 62.0 Å². The highest BCUT2D eigenvalue weighted by Gasteiger charge is 2.64. The highest BCUT2D eigenvalue weighted by atomic mass is 32.2. The number of hydrogen-bond donors (Lipinski definition) is 5. The number of nitrogens with one attached hydrogen (secondary N) is 4. The van der Waals surface area contributed by atoms with Gasteiger partial charge in [0.15, 0.2) is 11.6 Å². The van der Waals surface area contributed by atoms with Crippen LogP contribution in [-0.2, 0) is 53.2 Å². The number of Topliss-reactive ketones (excluding diaryl/α,β-unsaturated/α-hetero) is 1. The number of carbonyl (C=O) groups is 7. The second kappa shape index (κ2) is 21.9. The maximum atomic E-state index is 13.7. The molecule has 23 heteroatoms. The van der Waals surface area contributed by atoms with Crippen molar-refractivity contribution in [1.29, 1.82) is 0 Å². The Balaban J connectivity index is 0.857. The number of ketones is 2. The van der Waals surface area contributed by atoms with Crippen LogP contribution in [-0.4, -0.2) is 132 Å². The fourth-order valence-electron chi connectivity index (χ4n) is 11.5. The third kappa shape index (κ3) is 12.4. The molecule has 0 aliphatic heterocycles. The Hall–Kier alpha value is -6.59. The van der Waals surface area contributed by atoms with Crippen LogP contribution in [0.4, 0.5) is 0 Å². The molecule has 4 amide bonds. The average Bonchev–Trinajstić information content (AvgIpc) is 3.59. The van der Waals surface area contributed by atoms with Crippen LogP contribution in [0.3, 0.4) is 0 Å². The van der Waals surface area contributed by atoms with Gasteiger partial charge in [0.1, 0.15) is 24.2 Å². The SMILES string of the molecule is CC1CC2C3CCC4=CC(=O)C=CC4(C)C3C(O)CC2(C)C1OC(=O)CCCC(=O)CNC(=O)[C@H](C)NC(=O)[C@H](C)NC(=O)[C@H](C)NC(=O)c1cc(-c2cnc(S(C)(=O)=O)nc2)cc(-c2cnc(S(C)(=O)=O)nc2)c1. The summed E-state index contributed by atoms with van der Waals surface area (Å²) in [5, 5.41) is 20.9. The van der Waals surface area contributed by atoms with Crippen molar-refractivity contribution in [2.45, 2.75) is 127 Å². The van der Waals surface area contributed by atoms with E-state index in [0.717, 1.165) is 37.3 Å². The Morgan fingerprint density at radius 1 is 0.773 bits per heavy atom. The molecule has 5 N–H and O–H groups in total. The fraction of sp³-hybridized carbons (Fsp3) is 0.519. The summed E-state index contributed by atoms with van der Waals surface area (Å²) < 4.78 is 54.0. The summed E-state index contributed by atoms with van der Waals surface area (Å²) in [7, 11) is -7.45. The number of aromatic nitrogens is 4. The number of allylic oxidation sites excluding steroid dienone is 4. The lowest BCUT2D eigenvalue weighted by Gasteiger charge is -2.58. The first-order valence-corrected chi connectivity index (χ1v) is 28.6. The topological polar surface area (TPSA) is 317 Å². The van der Waals surface area contributed by atoms with Crippen molar-refractivity contribution in [3.63, 3.8) is 0 Å². The minimum absolute atomic E-state index is 0.0130. The molecule has 0 radical (unpaired) electrons. The van der Waals surface area contributed by atoms with Crippen LogP contribution in [0.2, 0.25) is 0 Å². The first-order chi connectivity index (χ1) is 35.1. The van der Waals surface area contributed by atoms with Crippen molar-refractivity contribution in [1.82, 2.24) is 41.2 Å². The smallest absolute Gasteiger partial charge is 0.306 e. The molecular weight excluding hydrogens is 1010 g/mol. The summed E-state index contributed by atoms with van der Waals surface area (Å²) in [4.78, 5) is 107. The van der Waals surface area contributed by atoms with Gasteiger partial charge in [-0.1, -0.05) is 32.4 Å². The van der Waals surface area contributed by atoms with E-state index in [1.54, 1.807) is 18.2 Å². The van der Waals surface area contributed by atoms with Crippen LogP contribution < -0.4 is 21.3 Å². The number of ether oxygens (including phenoxy) is 1. The Bertz CT molecular complexity index is 2980. The summed E-state index contributed by atoms with van der Waals surface area (Å²) >= 11 is 0. The molecule has 2 aromatic heterocycles. The molecule has 4 aliphatic carbocycles. The molecule has 11 atom stereocenters. The molecule has 21 nitrogen and oxygen atoms in total. The Morgan fingerprint density at radius 2 is 1.31 bits per heavy atom.